The third-order valence-electron chi connectivity index (χ3n) is 3.06. The number of anilines is 1. The Bertz CT molecular complexity index is 755. The molecule has 1 amide bonds. The zero-order valence-corrected chi connectivity index (χ0v) is 14.0. The maximum absolute atomic E-state index is 12.1. The lowest BCUT2D eigenvalue weighted by molar-refractivity contribution is -0.274. The summed E-state index contributed by atoms with van der Waals surface area (Å²) >= 11 is 1.21. The summed E-state index contributed by atoms with van der Waals surface area (Å²) in [6, 6.07) is 6.38. The van der Waals surface area contributed by atoms with E-state index < -0.39 is 30.1 Å². The van der Waals surface area contributed by atoms with Crippen molar-refractivity contribution in [3.63, 3.8) is 0 Å². The number of amides is 1. The number of rotatable bonds is 5. The normalized spacial score (nSPS) is 12.4. The second-order valence-corrected chi connectivity index (χ2v) is 5.96. The minimum atomic E-state index is -4.78. The van der Waals surface area contributed by atoms with Gasteiger partial charge in [0.2, 0.25) is 0 Å². The standard InChI is InChI=1S/C16H14F3NO4S/c1-9-7-8-25-13(9)15(22)23-10(2)14(21)20-11-3-5-12(6-4-11)24-16(17,18)19/h3-8,10H,1-2H3,(H,20,21). The predicted molar refractivity (Wildman–Crippen MR) is 85.7 cm³/mol. The largest absolute Gasteiger partial charge is 0.573 e. The molecular weight excluding hydrogens is 359 g/mol. The molecule has 5 nitrogen and oxygen atoms in total. The van der Waals surface area contributed by atoms with Crippen LogP contribution in [-0.4, -0.2) is 24.3 Å². The number of carbonyl (C=O) groups is 2. The summed E-state index contributed by atoms with van der Waals surface area (Å²) < 4.78 is 45.1. The molecule has 0 radical (unpaired) electrons. The molecule has 1 aromatic carbocycles. The molecule has 0 fully saturated rings. The summed E-state index contributed by atoms with van der Waals surface area (Å²) in [5.41, 5.74) is 0.998. The van der Waals surface area contributed by atoms with Gasteiger partial charge in [-0.3, -0.25) is 4.79 Å². The van der Waals surface area contributed by atoms with Gasteiger partial charge >= 0.3 is 12.3 Å². The highest BCUT2D eigenvalue weighted by atomic mass is 32.1. The topological polar surface area (TPSA) is 64.6 Å². The monoisotopic (exact) mass is 373 g/mol. The van der Waals surface area contributed by atoms with Crippen LogP contribution in [0.1, 0.15) is 22.2 Å². The van der Waals surface area contributed by atoms with Crippen molar-refractivity contribution >= 4 is 28.9 Å². The molecule has 1 heterocycles. The van der Waals surface area contributed by atoms with Crippen molar-refractivity contribution in [3.8, 4) is 5.75 Å². The van der Waals surface area contributed by atoms with Crippen LogP contribution in [0.25, 0.3) is 0 Å². The maximum atomic E-state index is 12.1. The van der Waals surface area contributed by atoms with Gasteiger partial charge in [0, 0.05) is 5.69 Å². The Morgan fingerprint density at radius 1 is 1.16 bits per heavy atom. The van der Waals surface area contributed by atoms with Gasteiger partial charge in [-0.05, 0) is 55.1 Å². The fraction of sp³-hybridized carbons (Fsp3) is 0.250. The van der Waals surface area contributed by atoms with E-state index in [1.165, 1.54) is 30.4 Å². The summed E-state index contributed by atoms with van der Waals surface area (Å²) in [5, 5.41) is 4.18. The van der Waals surface area contributed by atoms with Crippen LogP contribution in [-0.2, 0) is 9.53 Å². The number of hydrogen-bond acceptors (Lipinski definition) is 5. The first-order valence-electron chi connectivity index (χ1n) is 7.07. The Labute approximate surface area is 145 Å². The van der Waals surface area contributed by atoms with E-state index in [0.717, 1.165) is 17.7 Å². The number of benzene rings is 1. The Balaban J connectivity index is 1.92. The van der Waals surface area contributed by atoms with Gasteiger partial charge in [-0.1, -0.05) is 0 Å². The quantitative estimate of drug-likeness (QED) is 0.800. The molecule has 0 aliphatic carbocycles. The fourth-order valence-electron chi connectivity index (χ4n) is 1.83. The molecule has 1 atom stereocenters. The van der Waals surface area contributed by atoms with E-state index >= 15 is 0 Å². The van der Waals surface area contributed by atoms with Gasteiger partial charge in [0.1, 0.15) is 10.6 Å². The molecule has 1 unspecified atom stereocenters. The molecule has 2 rings (SSSR count). The van der Waals surface area contributed by atoms with Gasteiger partial charge in [0.25, 0.3) is 5.91 Å². The van der Waals surface area contributed by atoms with Gasteiger partial charge < -0.3 is 14.8 Å². The highest BCUT2D eigenvalue weighted by Gasteiger charge is 2.31. The Morgan fingerprint density at radius 2 is 1.80 bits per heavy atom. The highest BCUT2D eigenvalue weighted by molar-refractivity contribution is 7.12. The number of alkyl halides is 3. The SMILES string of the molecule is Cc1ccsc1C(=O)OC(C)C(=O)Nc1ccc(OC(F)(F)F)cc1. The van der Waals surface area contributed by atoms with Crippen LogP contribution in [0.3, 0.4) is 0 Å². The summed E-state index contributed by atoms with van der Waals surface area (Å²) in [4.78, 5) is 24.4. The maximum Gasteiger partial charge on any atom is 0.573 e. The molecule has 0 aliphatic rings. The summed E-state index contributed by atoms with van der Waals surface area (Å²) in [5.74, 6) is -1.62. The third-order valence-corrected chi connectivity index (χ3v) is 4.05. The highest BCUT2D eigenvalue weighted by Crippen LogP contribution is 2.24. The van der Waals surface area contributed by atoms with Gasteiger partial charge in [-0.2, -0.15) is 0 Å². The molecule has 1 aromatic heterocycles. The van der Waals surface area contributed by atoms with Gasteiger partial charge in [0.05, 0.1) is 0 Å². The van der Waals surface area contributed by atoms with E-state index in [-0.39, 0.29) is 5.69 Å². The fourth-order valence-corrected chi connectivity index (χ4v) is 2.64. The van der Waals surface area contributed by atoms with Gasteiger partial charge in [0.15, 0.2) is 6.10 Å². The molecular formula is C16H14F3NO4S. The van der Waals surface area contributed by atoms with Crippen LogP contribution in [0.5, 0.6) is 5.75 Å². The second-order valence-electron chi connectivity index (χ2n) is 5.04. The van der Waals surface area contributed by atoms with Crippen molar-refractivity contribution < 1.29 is 32.2 Å². The number of aryl methyl sites for hydroxylation is 1. The van der Waals surface area contributed by atoms with Crippen LogP contribution < -0.4 is 10.1 Å². The van der Waals surface area contributed by atoms with Crippen LogP contribution in [0.4, 0.5) is 18.9 Å². The first-order valence-corrected chi connectivity index (χ1v) is 7.95. The molecule has 2 aromatic rings. The summed E-state index contributed by atoms with van der Waals surface area (Å²) in [7, 11) is 0. The molecule has 0 saturated carbocycles. The number of esters is 1. The smallest absolute Gasteiger partial charge is 0.448 e. The molecule has 25 heavy (non-hydrogen) atoms. The second kappa shape index (κ2) is 7.56. The van der Waals surface area contributed by atoms with E-state index in [9.17, 15) is 22.8 Å². The Kier molecular flexibility index (Phi) is 5.68. The number of thiophene rings is 1. The first kappa shape index (κ1) is 18.8. The van der Waals surface area contributed by atoms with Gasteiger partial charge in [-0.15, -0.1) is 24.5 Å². The lowest BCUT2D eigenvalue weighted by atomic mass is 10.2. The van der Waals surface area contributed by atoms with Crippen molar-refractivity contribution in [3.05, 3.63) is 46.2 Å². The van der Waals surface area contributed by atoms with Crippen molar-refractivity contribution in [1.29, 1.82) is 0 Å². The predicted octanol–water partition coefficient (Wildman–Crippen LogP) is 4.14. The lowest BCUT2D eigenvalue weighted by Gasteiger charge is -2.14. The Hall–Kier alpha value is -2.55. The third kappa shape index (κ3) is 5.49. The molecule has 0 spiro atoms. The van der Waals surface area contributed by atoms with Crippen molar-refractivity contribution in [2.45, 2.75) is 26.3 Å². The molecule has 0 bridgehead atoms. The molecule has 134 valence electrons. The molecule has 0 saturated heterocycles. The summed E-state index contributed by atoms with van der Waals surface area (Å²) in [6.07, 6.45) is -5.85. The number of hydrogen-bond donors (Lipinski definition) is 1. The average molecular weight is 373 g/mol. The van der Waals surface area contributed by atoms with Crippen molar-refractivity contribution in [2.75, 3.05) is 5.32 Å². The zero-order chi connectivity index (χ0) is 18.6. The van der Waals surface area contributed by atoms with E-state index in [1.54, 1.807) is 18.4 Å². The van der Waals surface area contributed by atoms with Crippen molar-refractivity contribution in [2.24, 2.45) is 0 Å². The van der Waals surface area contributed by atoms with Gasteiger partial charge in [-0.25, -0.2) is 4.79 Å². The van der Waals surface area contributed by atoms with Crippen LogP contribution in [0.15, 0.2) is 35.7 Å². The van der Waals surface area contributed by atoms with E-state index in [2.05, 4.69) is 10.1 Å². The molecule has 9 heteroatoms. The van der Waals surface area contributed by atoms with Crippen LogP contribution in [0.2, 0.25) is 0 Å². The van der Waals surface area contributed by atoms with E-state index in [0.29, 0.717) is 4.88 Å². The van der Waals surface area contributed by atoms with E-state index in [4.69, 9.17) is 4.74 Å². The number of carbonyl (C=O) groups excluding carboxylic acids is 2. The Morgan fingerprint density at radius 3 is 2.32 bits per heavy atom. The number of nitrogens with one attached hydrogen (secondary N) is 1. The number of ether oxygens (including phenoxy) is 2. The number of halogens is 3. The van der Waals surface area contributed by atoms with E-state index in [1.807, 2.05) is 0 Å². The zero-order valence-electron chi connectivity index (χ0n) is 13.2. The first-order chi connectivity index (χ1) is 11.7. The van der Waals surface area contributed by atoms with Crippen molar-refractivity contribution in [1.82, 2.24) is 0 Å². The summed E-state index contributed by atoms with van der Waals surface area (Å²) in [6.45, 7) is 3.15. The average Bonchev–Trinajstić information content (AvgIpc) is 2.94. The lowest BCUT2D eigenvalue weighted by Crippen LogP contribution is -2.29. The molecule has 1 N–H and O–H groups in total. The molecule has 0 aliphatic heterocycles. The minimum absolute atomic E-state index is 0.245. The van der Waals surface area contributed by atoms with Crippen LogP contribution in [0, 0.1) is 6.92 Å². The van der Waals surface area contributed by atoms with Crippen LogP contribution >= 0.6 is 11.3 Å². The minimum Gasteiger partial charge on any atom is -0.448 e.